The van der Waals surface area contributed by atoms with Gasteiger partial charge in [-0.1, -0.05) is 25.1 Å². The van der Waals surface area contributed by atoms with E-state index in [1.807, 2.05) is 19.1 Å². The number of hydrogen-bond donors (Lipinski definition) is 2. The number of aromatic nitrogens is 3. The number of ether oxygens (including phenoxy) is 2. The molecule has 0 saturated heterocycles. The normalized spacial score (nSPS) is 10.8. The summed E-state index contributed by atoms with van der Waals surface area (Å²) in [4.78, 5) is 16.9. The number of benzene rings is 2. The van der Waals surface area contributed by atoms with E-state index in [-0.39, 0.29) is 11.7 Å². The van der Waals surface area contributed by atoms with Crippen LogP contribution in [0.25, 0.3) is 11.0 Å². The van der Waals surface area contributed by atoms with E-state index >= 15 is 0 Å². The smallest absolute Gasteiger partial charge is 0.251 e. The number of nitrogens with one attached hydrogen (secondary N) is 2. The minimum absolute atomic E-state index is 0.199. The number of H-pyrrole nitrogens is 1. The Kier molecular flexibility index (Phi) is 7.14. The molecule has 170 valence electrons. The van der Waals surface area contributed by atoms with Gasteiger partial charge in [-0.3, -0.25) is 9.89 Å². The van der Waals surface area contributed by atoms with Gasteiger partial charge in [0.25, 0.3) is 5.91 Å². The van der Waals surface area contributed by atoms with Gasteiger partial charge >= 0.3 is 0 Å². The summed E-state index contributed by atoms with van der Waals surface area (Å²) in [5.41, 5.74) is 3.17. The number of fused-ring (bicyclic) bond motifs is 1. The molecule has 33 heavy (non-hydrogen) atoms. The van der Waals surface area contributed by atoms with Crippen LogP contribution in [0.15, 0.2) is 60.9 Å². The Balaban J connectivity index is 1.31. The van der Waals surface area contributed by atoms with Crippen molar-refractivity contribution in [3.63, 3.8) is 0 Å². The second-order valence-corrected chi connectivity index (χ2v) is 7.50. The van der Waals surface area contributed by atoms with Crippen LogP contribution in [0.4, 0.5) is 4.39 Å². The number of pyridine rings is 1. The standard InChI is InChI=1S/C25H25FN4O3/c1-2-18-8-9-19(25(31)27-10-5-11-32-22-7-4-3-6-21(22)26)13-23(18)33-16-17-12-20-15-29-30-24(20)28-14-17/h3-4,6-9,12-15H,2,5,10-11,16H2,1H3,(H,27,31)(H,28,29,30). The summed E-state index contributed by atoms with van der Waals surface area (Å²) in [6.07, 6.45) is 4.80. The Morgan fingerprint density at radius 2 is 1.97 bits per heavy atom. The van der Waals surface area contributed by atoms with E-state index in [4.69, 9.17) is 9.47 Å². The zero-order valence-electron chi connectivity index (χ0n) is 18.3. The Hall–Kier alpha value is -3.94. The lowest BCUT2D eigenvalue weighted by atomic mass is 10.1. The zero-order valence-corrected chi connectivity index (χ0v) is 18.3. The van der Waals surface area contributed by atoms with Crippen molar-refractivity contribution in [1.29, 1.82) is 0 Å². The number of hydrogen-bond acceptors (Lipinski definition) is 5. The first kappa shape index (κ1) is 22.3. The maximum atomic E-state index is 13.6. The van der Waals surface area contributed by atoms with Crippen LogP contribution < -0.4 is 14.8 Å². The van der Waals surface area contributed by atoms with Gasteiger partial charge in [-0.05, 0) is 48.7 Å². The molecule has 0 atom stereocenters. The van der Waals surface area contributed by atoms with E-state index in [1.165, 1.54) is 6.07 Å². The summed E-state index contributed by atoms with van der Waals surface area (Å²) in [6, 6.07) is 13.7. The van der Waals surface area contributed by atoms with E-state index in [2.05, 4.69) is 20.5 Å². The monoisotopic (exact) mass is 448 g/mol. The molecule has 2 aromatic heterocycles. The van der Waals surface area contributed by atoms with Crippen molar-refractivity contribution in [2.45, 2.75) is 26.4 Å². The summed E-state index contributed by atoms with van der Waals surface area (Å²) in [5, 5.41) is 10.6. The number of nitrogens with zero attached hydrogens (tertiary/aromatic N) is 2. The number of rotatable bonds is 10. The predicted molar refractivity (Wildman–Crippen MR) is 123 cm³/mol. The van der Waals surface area contributed by atoms with E-state index in [0.717, 1.165) is 28.6 Å². The Labute approximate surface area is 191 Å². The number of para-hydroxylation sites is 1. The number of aryl methyl sites for hydroxylation is 1. The summed E-state index contributed by atoms with van der Waals surface area (Å²) in [6.45, 7) is 3.09. The van der Waals surface area contributed by atoms with Crippen LogP contribution in [0.5, 0.6) is 11.5 Å². The molecule has 7 nitrogen and oxygen atoms in total. The molecule has 8 heteroatoms. The Morgan fingerprint density at radius 1 is 1.09 bits per heavy atom. The van der Waals surface area contributed by atoms with E-state index in [1.54, 1.807) is 42.7 Å². The predicted octanol–water partition coefficient (Wildman–Crippen LogP) is 4.44. The van der Waals surface area contributed by atoms with Gasteiger partial charge in [-0.15, -0.1) is 0 Å². The summed E-state index contributed by atoms with van der Waals surface area (Å²) in [7, 11) is 0. The highest BCUT2D eigenvalue weighted by Crippen LogP contribution is 2.23. The molecule has 0 aliphatic carbocycles. The molecular formula is C25H25FN4O3. The molecule has 4 rings (SSSR count). The number of carbonyl (C=O) groups is 1. The van der Waals surface area contributed by atoms with Gasteiger partial charge in [0.1, 0.15) is 12.4 Å². The van der Waals surface area contributed by atoms with Crippen molar-refractivity contribution >= 4 is 16.9 Å². The third kappa shape index (κ3) is 5.65. The average molecular weight is 448 g/mol. The van der Waals surface area contributed by atoms with E-state index in [0.29, 0.717) is 37.5 Å². The van der Waals surface area contributed by atoms with Crippen LogP contribution in [0.1, 0.15) is 34.8 Å². The molecule has 0 radical (unpaired) electrons. The molecule has 0 spiro atoms. The number of aromatic amines is 1. The molecular weight excluding hydrogens is 423 g/mol. The first-order chi connectivity index (χ1) is 16.1. The molecule has 2 N–H and O–H groups in total. The fraction of sp³-hybridized carbons (Fsp3) is 0.240. The summed E-state index contributed by atoms with van der Waals surface area (Å²) in [5.74, 6) is 0.281. The van der Waals surface area contributed by atoms with Crippen LogP contribution in [0, 0.1) is 5.82 Å². The molecule has 0 unspecified atom stereocenters. The SMILES string of the molecule is CCc1ccc(C(=O)NCCCOc2ccccc2F)cc1OCc1cnc2[nH]ncc2c1. The number of carbonyl (C=O) groups excluding carboxylic acids is 1. The topological polar surface area (TPSA) is 89.1 Å². The third-order valence-corrected chi connectivity index (χ3v) is 5.15. The lowest BCUT2D eigenvalue weighted by Gasteiger charge is -2.13. The quantitative estimate of drug-likeness (QED) is 0.350. The molecule has 0 aliphatic rings. The highest BCUT2D eigenvalue weighted by molar-refractivity contribution is 5.94. The Bertz CT molecular complexity index is 1240. The molecule has 0 aliphatic heterocycles. The van der Waals surface area contributed by atoms with Gasteiger partial charge in [-0.25, -0.2) is 9.37 Å². The largest absolute Gasteiger partial charge is 0.490 e. The Morgan fingerprint density at radius 3 is 2.82 bits per heavy atom. The number of halogens is 1. The maximum Gasteiger partial charge on any atom is 0.251 e. The third-order valence-electron chi connectivity index (χ3n) is 5.15. The van der Waals surface area contributed by atoms with Gasteiger partial charge in [0.2, 0.25) is 0 Å². The van der Waals surface area contributed by atoms with Crippen molar-refractivity contribution in [2.75, 3.05) is 13.2 Å². The molecule has 0 fully saturated rings. The first-order valence-corrected chi connectivity index (χ1v) is 10.8. The molecule has 0 saturated carbocycles. The molecule has 4 aromatic rings. The van der Waals surface area contributed by atoms with Gasteiger partial charge in [0.05, 0.1) is 12.8 Å². The van der Waals surface area contributed by atoms with Gasteiger partial charge in [-0.2, -0.15) is 5.10 Å². The van der Waals surface area contributed by atoms with Crippen LogP contribution in [0.2, 0.25) is 0 Å². The van der Waals surface area contributed by atoms with Crippen molar-refractivity contribution < 1.29 is 18.7 Å². The second kappa shape index (κ2) is 10.6. The van der Waals surface area contributed by atoms with Crippen molar-refractivity contribution in [2.24, 2.45) is 0 Å². The van der Waals surface area contributed by atoms with Crippen molar-refractivity contribution in [3.05, 3.63) is 83.4 Å². The number of amides is 1. The minimum atomic E-state index is -0.398. The van der Waals surface area contributed by atoms with Crippen LogP contribution in [-0.2, 0) is 13.0 Å². The van der Waals surface area contributed by atoms with Crippen LogP contribution in [-0.4, -0.2) is 34.2 Å². The second-order valence-electron chi connectivity index (χ2n) is 7.50. The van der Waals surface area contributed by atoms with Crippen LogP contribution in [0.3, 0.4) is 0 Å². The highest BCUT2D eigenvalue weighted by Gasteiger charge is 2.11. The summed E-state index contributed by atoms with van der Waals surface area (Å²) >= 11 is 0. The molecule has 0 bridgehead atoms. The fourth-order valence-corrected chi connectivity index (χ4v) is 3.36. The van der Waals surface area contributed by atoms with Crippen LogP contribution >= 0.6 is 0 Å². The van der Waals surface area contributed by atoms with Gasteiger partial charge in [0.15, 0.2) is 17.2 Å². The van der Waals surface area contributed by atoms with Gasteiger partial charge < -0.3 is 14.8 Å². The van der Waals surface area contributed by atoms with Gasteiger partial charge in [0, 0.05) is 29.3 Å². The minimum Gasteiger partial charge on any atom is -0.490 e. The fourth-order valence-electron chi connectivity index (χ4n) is 3.36. The highest BCUT2D eigenvalue weighted by atomic mass is 19.1. The first-order valence-electron chi connectivity index (χ1n) is 10.8. The van der Waals surface area contributed by atoms with E-state index in [9.17, 15) is 9.18 Å². The lowest BCUT2D eigenvalue weighted by Crippen LogP contribution is -2.25. The summed E-state index contributed by atoms with van der Waals surface area (Å²) < 4.78 is 25.0. The zero-order chi connectivity index (χ0) is 23.0. The maximum absolute atomic E-state index is 13.6. The molecule has 2 heterocycles. The molecule has 2 aromatic carbocycles. The van der Waals surface area contributed by atoms with E-state index < -0.39 is 5.82 Å². The molecule has 1 amide bonds. The average Bonchev–Trinajstić information content (AvgIpc) is 3.31. The van der Waals surface area contributed by atoms with Crippen molar-refractivity contribution in [1.82, 2.24) is 20.5 Å². The lowest BCUT2D eigenvalue weighted by molar-refractivity contribution is 0.0951. The van der Waals surface area contributed by atoms with Crippen molar-refractivity contribution in [3.8, 4) is 11.5 Å².